The van der Waals surface area contributed by atoms with Crippen LogP contribution in [-0.2, 0) is 14.3 Å². The molecule has 0 aromatic carbocycles. The minimum atomic E-state index is -0.376. The Morgan fingerprint density at radius 2 is 1.90 bits per heavy atom. The van der Waals surface area contributed by atoms with Gasteiger partial charge in [-0.15, -0.1) is 0 Å². The summed E-state index contributed by atoms with van der Waals surface area (Å²) in [5.41, 5.74) is -0.323. The largest absolute Gasteiger partial charge is 0.375 e. The number of nitrogens with zero attached hydrogens (tertiary/aromatic N) is 1. The van der Waals surface area contributed by atoms with Gasteiger partial charge in [-0.25, -0.2) is 0 Å². The van der Waals surface area contributed by atoms with Crippen molar-refractivity contribution in [3.63, 3.8) is 0 Å². The Morgan fingerprint density at radius 1 is 1.24 bits per heavy atom. The van der Waals surface area contributed by atoms with Gasteiger partial charge in [0.2, 0.25) is 11.8 Å². The highest BCUT2D eigenvalue weighted by atomic mass is 16.5. The summed E-state index contributed by atoms with van der Waals surface area (Å²) < 4.78 is 5.62. The molecule has 0 bridgehead atoms. The first-order chi connectivity index (χ1) is 9.94. The van der Waals surface area contributed by atoms with E-state index in [0.29, 0.717) is 13.2 Å². The number of ether oxygens (including phenoxy) is 1. The second-order valence-corrected chi connectivity index (χ2v) is 6.72. The number of hydrogen-bond donors (Lipinski definition) is 1. The second-order valence-electron chi connectivity index (χ2n) is 6.72. The van der Waals surface area contributed by atoms with Crippen molar-refractivity contribution in [3.8, 4) is 0 Å². The van der Waals surface area contributed by atoms with E-state index in [2.05, 4.69) is 5.32 Å². The molecule has 1 N–H and O–H groups in total. The van der Waals surface area contributed by atoms with E-state index in [1.54, 1.807) is 0 Å². The van der Waals surface area contributed by atoms with Crippen LogP contribution >= 0.6 is 0 Å². The van der Waals surface area contributed by atoms with Crippen LogP contribution in [0.3, 0.4) is 0 Å². The fraction of sp³-hybridized carbons (Fsp3) is 0.875. The number of imide groups is 1. The van der Waals surface area contributed by atoms with Crippen molar-refractivity contribution >= 4 is 11.8 Å². The molecule has 2 fully saturated rings. The predicted molar refractivity (Wildman–Crippen MR) is 80.8 cm³/mol. The van der Waals surface area contributed by atoms with Crippen LogP contribution in [0.25, 0.3) is 0 Å². The number of rotatable bonds is 6. The van der Waals surface area contributed by atoms with Gasteiger partial charge in [0, 0.05) is 19.2 Å². The number of carbonyl (C=O) groups excluding carboxylic acids is 2. The van der Waals surface area contributed by atoms with Gasteiger partial charge in [0.15, 0.2) is 0 Å². The van der Waals surface area contributed by atoms with E-state index in [4.69, 9.17) is 4.74 Å². The Kier molecular flexibility index (Phi) is 5.38. The Morgan fingerprint density at radius 3 is 2.52 bits per heavy atom. The van der Waals surface area contributed by atoms with Crippen LogP contribution in [0.15, 0.2) is 0 Å². The maximum absolute atomic E-state index is 12.5. The molecule has 0 aromatic heterocycles. The van der Waals surface area contributed by atoms with E-state index >= 15 is 0 Å². The van der Waals surface area contributed by atoms with Crippen molar-refractivity contribution in [1.82, 2.24) is 10.2 Å². The van der Waals surface area contributed by atoms with Crippen molar-refractivity contribution in [2.45, 2.75) is 77.0 Å². The molecule has 1 aliphatic carbocycles. The van der Waals surface area contributed by atoms with Gasteiger partial charge in [0.1, 0.15) is 0 Å². The molecule has 21 heavy (non-hydrogen) atoms. The summed E-state index contributed by atoms with van der Waals surface area (Å²) in [4.78, 5) is 26.2. The molecule has 2 rings (SSSR count). The number of hydrogen-bond acceptors (Lipinski definition) is 4. The van der Waals surface area contributed by atoms with Crippen molar-refractivity contribution in [2.24, 2.45) is 0 Å². The van der Waals surface area contributed by atoms with Crippen molar-refractivity contribution in [1.29, 1.82) is 0 Å². The molecule has 0 aromatic rings. The normalized spacial score (nSPS) is 24.9. The molecule has 1 atom stereocenters. The Labute approximate surface area is 127 Å². The third kappa shape index (κ3) is 4.04. The highest BCUT2D eigenvalue weighted by molar-refractivity contribution is 6.05. The Hall–Kier alpha value is -0.940. The van der Waals surface area contributed by atoms with Crippen LogP contribution < -0.4 is 5.32 Å². The second kappa shape index (κ2) is 6.88. The average Bonchev–Trinajstić information content (AvgIpc) is 2.72. The SMILES string of the molecule is CCOC(C)(C)CNC1CC(=O)N(C2CCCCC2)C1=O. The Balaban J connectivity index is 1.91. The summed E-state index contributed by atoms with van der Waals surface area (Å²) in [5.74, 6) is -0.0576. The van der Waals surface area contributed by atoms with Gasteiger partial charge in [-0.1, -0.05) is 19.3 Å². The quantitative estimate of drug-likeness (QED) is 0.760. The van der Waals surface area contributed by atoms with Crippen molar-refractivity contribution < 1.29 is 14.3 Å². The van der Waals surface area contributed by atoms with Gasteiger partial charge in [-0.05, 0) is 33.6 Å². The summed E-state index contributed by atoms with van der Waals surface area (Å²) in [6.45, 7) is 7.15. The molecule has 1 heterocycles. The number of carbonyl (C=O) groups is 2. The van der Waals surface area contributed by atoms with Crippen molar-refractivity contribution in [2.75, 3.05) is 13.2 Å². The molecule has 2 amide bonds. The minimum absolute atomic E-state index is 0.0152. The molecule has 5 heteroatoms. The molecule has 0 radical (unpaired) electrons. The lowest BCUT2D eigenvalue weighted by Crippen LogP contribution is -2.48. The summed E-state index contributed by atoms with van der Waals surface area (Å²) in [5, 5.41) is 3.22. The van der Waals surface area contributed by atoms with Gasteiger partial charge >= 0.3 is 0 Å². The van der Waals surface area contributed by atoms with Gasteiger partial charge in [0.05, 0.1) is 18.1 Å². The maximum Gasteiger partial charge on any atom is 0.247 e. The summed E-state index contributed by atoms with van der Waals surface area (Å²) >= 11 is 0. The third-order valence-corrected chi connectivity index (χ3v) is 4.43. The van der Waals surface area contributed by atoms with Crippen LogP contribution in [0, 0.1) is 0 Å². The standard InChI is InChI=1S/C16H28N2O3/c1-4-21-16(2,3)11-17-13-10-14(19)18(15(13)20)12-8-6-5-7-9-12/h12-13,17H,4-11H2,1-3H3. The zero-order valence-electron chi connectivity index (χ0n) is 13.5. The first-order valence-electron chi connectivity index (χ1n) is 8.18. The molecule has 1 aliphatic heterocycles. The van der Waals surface area contributed by atoms with Crippen LogP contribution in [0.5, 0.6) is 0 Å². The predicted octanol–water partition coefficient (Wildman–Crippen LogP) is 1.85. The lowest BCUT2D eigenvalue weighted by atomic mass is 9.94. The molecule has 0 spiro atoms. The summed E-state index contributed by atoms with van der Waals surface area (Å²) in [6, 6.07) is -0.246. The lowest BCUT2D eigenvalue weighted by Gasteiger charge is -2.30. The Bertz CT molecular complexity index is 389. The molecular weight excluding hydrogens is 268 g/mol. The number of amides is 2. The highest BCUT2D eigenvalue weighted by Crippen LogP contribution is 2.27. The summed E-state index contributed by atoms with van der Waals surface area (Å²) in [6.07, 6.45) is 5.69. The van der Waals surface area contributed by atoms with E-state index in [-0.39, 0.29) is 35.9 Å². The van der Waals surface area contributed by atoms with Crippen LogP contribution in [0.1, 0.15) is 59.3 Å². The molecular formula is C16H28N2O3. The fourth-order valence-corrected chi connectivity index (χ4v) is 3.34. The van der Waals surface area contributed by atoms with E-state index in [0.717, 1.165) is 25.7 Å². The average molecular weight is 296 g/mol. The molecule has 2 aliphatic rings. The van der Waals surface area contributed by atoms with E-state index < -0.39 is 0 Å². The van der Waals surface area contributed by atoms with Crippen LogP contribution in [-0.4, -0.2) is 47.6 Å². The first kappa shape index (κ1) is 16.4. The van der Waals surface area contributed by atoms with E-state index in [1.165, 1.54) is 11.3 Å². The summed E-state index contributed by atoms with van der Waals surface area (Å²) in [7, 11) is 0. The van der Waals surface area contributed by atoms with Crippen LogP contribution in [0.4, 0.5) is 0 Å². The minimum Gasteiger partial charge on any atom is -0.375 e. The van der Waals surface area contributed by atoms with E-state index in [9.17, 15) is 9.59 Å². The van der Waals surface area contributed by atoms with Gasteiger partial charge in [-0.2, -0.15) is 0 Å². The topological polar surface area (TPSA) is 58.6 Å². The van der Waals surface area contributed by atoms with Gasteiger partial charge in [-0.3, -0.25) is 14.5 Å². The molecule has 1 saturated heterocycles. The fourth-order valence-electron chi connectivity index (χ4n) is 3.34. The maximum atomic E-state index is 12.5. The molecule has 120 valence electrons. The van der Waals surface area contributed by atoms with E-state index in [1.807, 2.05) is 20.8 Å². The molecule has 1 saturated carbocycles. The molecule has 5 nitrogen and oxygen atoms in total. The zero-order valence-corrected chi connectivity index (χ0v) is 13.5. The molecule has 1 unspecified atom stereocenters. The smallest absolute Gasteiger partial charge is 0.247 e. The first-order valence-corrected chi connectivity index (χ1v) is 8.18. The van der Waals surface area contributed by atoms with Gasteiger partial charge in [0.25, 0.3) is 0 Å². The highest BCUT2D eigenvalue weighted by Gasteiger charge is 2.42. The third-order valence-electron chi connectivity index (χ3n) is 4.43. The number of nitrogens with one attached hydrogen (secondary N) is 1. The number of likely N-dealkylation sites (tertiary alicyclic amines) is 1. The van der Waals surface area contributed by atoms with Crippen molar-refractivity contribution in [3.05, 3.63) is 0 Å². The monoisotopic (exact) mass is 296 g/mol. The van der Waals surface area contributed by atoms with Crippen LogP contribution in [0.2, 0.25) is 0 Å². The zero-order chi connectivity index (χ0) is 15.5. The van der Waals surface area contributed by atoms with Gasteiger partial charge < -0.3 is 10.1 Å². The lowest BCUT2D eigenvalue weighted by molar-refractivity contribution is -0.142.